The largest absolute Gasteiger partial charge is 0.322 e. The van der Waals surface area contributed by atoms with Gasteiger partial charge in [0.2, 0.25) is 0 Å². The van der Waals surface area contributed by atoms with Crippen LogP contribution in [0.25, 0.3) is 0 Å². The third-order valence-corrected chi connectivity index (χ3v) is 6.57. The number of hydrogen-bond acceptors (Lipinski definition) is 5. The number of nitro groups is 1. The Balaban J connectivity index is 1.79. The summed E-state index contributed by atoms with van der Waals surface area (Å²) in [5, 5.41) is 13.9. The number of rotatable bonds is 6. The van der Waals surface area contributed by atoms with E-state index in [-0.39, 0.29) is 37.4 Å². The quantitative estimate of drug-likeness (QED) is 0.368. The molecule has 0 saturated carbocycles. The van der Waals surface area contributed by atoms with Crippen LogP contribution in [0.3, 0.4) is 0 Å². The molecule has 1 amide bonds. The minimum Gasteiger partial charge on any atom is -0.322 e. The highest BCUT2D eigenvalue weighted by Gasteiger charge is 2.19. The molecule has 0 aliphatic heterocycles. The first-order valence-electron chi connectivity index (χ1n) is 8.72. The number of nitrogens with one attached hydrogen (secondary N) is 2. The highest BCUT2D eigenvalue weighted by molar-refractivity contribution is 7.92. The number of nitrogens with zero attached hydrogens (tertiary/aromatic N) is 1. The van der Waals surface area contributed by atoms with Gasteiger partial charge in [-0.15, -0.1) is 0 Å². The fourth-order valence-electron chi connectivity index (χ4n) is 2.77. The molecule has 8 nitrogen and oxygen atoms in total. The SMILES string of the molecule is Cc1c(C(=O)Nc2ccc(S(=O)(=O)Nc3cccc(Cl)c3Cl)cc2)cccc1[N+](=O)[O-]. The molecule has 0 bridgehead atoms. The van der Waals surface area contributed by atoms with Crippen LogP contribution >= 0.6 is 23.2 Å². The van der Waals surface area contributed by atoms with Gasteiger partial charge in [-0.2, -0.15) is 0 Å². The van der Waals surface area contributed by atoms with Gasteiger partial charge >= 0.3 is 0 Å². The summed E-state index contributed by atoms with van der Waals surface area (Å²) in [6.07, 6.45) is 0. The molecule has 0 unspecified atom stereocenters. The third-order valence-electron chi connectivity index (χ3n) is 4.36. The second-order valence-electron chi connectivity index (χ2n) is 6.39. The van der Waals surface area contributed by atoms with E-state index in [1.165, 1.54) is 61.5 Å². The molecule has 2 N–H and O–H groups in total. The molecule has 0 fully saturated rings. The van der Waals surface area contributed by atoms with Crippen molar-refractivity contribution in [2.45, 2.75) is 11.8 Å². The molecule has 0 radical (unpaired) electrons. The Bertz CT molecular complexity index is 1280. The van der Waals surface area contributed by atoms with Crippen LogP contribution in [-0.4, -0.2) is 19.2 Å². The van der Waals surface area contributed by atoms with E-state index in [4.69, 9.17) is 23.2 Å². The van der Waals surface area contributed by atoms with Gasteiger partial charge in [0.1, 0.15) is 0 Å². The van der Waals surface area contributed by atoms with E-state index in [0.717, 1.165) is 0 Å². The molecule has 0 saturated heterocycles. The normalized spacial score (nSPS) is 11.1. The molecule has 0 aliphatic rings. The van der Waals surface area contributed by atoms with Gasteiger partial charge < -0.3 is 5.32 Å². The summed E-state index contributed by atoms with van der Waals surface area (Å²) in [4.78, 5) is 22.9. The Morgan fingerprint density at radius 2 is 1.65 bits per heavy atom. The van der Waals surface area contributed by atoms with E-state index in [1.807, 2.05) is 0 Å². The summed E-state index contributed by atoms with van der Waals surface area (Å²) >= 11 is 11.9. The first-order valence-corrected chi connectivity index (χ1v) is 11.0. The highest BCUT2D eigenvalue weighted by Crippen LogP contribution is 2.31. The molecule has 31 heavy (non-hydrogen) atoms. The second-order valence-corrected chi connectivity index (χ2v) is 8.86. The van der Waals surface area contributed by atoms with Crippen LogP contribution in [0.1, 0.15) is 15.9 Å². The Kier molecular flexibility index (Phi) is 6.49. The van der Waals surface area contributed by atoms with Gasteiger partial charge in [0.25, 0.3) is 21.6 Å². The molecule has 0 atom stereocenters. The van der Waals surface area contributed by atoms with Crippen LogP contribution in [0, 0.1) is 17.0 Å². The summed E-state index contributed by atoms with van der Waals surface area (Å²) in [6, 6.07) is 14.2. The van der Waals surface area contributed by atoms with E-state index in [0.29, 0.717) is 5.69 Å². The highest BCUT2D eigenvalue weighted by atomic mass is 35.5. The maximum Gasteiger partial charge on any atom is 0.273 e. The first kappa shape index (κ1) is 22.5. The fourth-order valence-corrected chi connectivity index (χ4v) is 4.25. The second kappa shape index (κ2) is 8.93. The first-order chi connectivity index (χ1) is 14.6. The molecule has 0 aliphatic carbocycles. The van der Waals surface area contributed by atoms with Gasteiger partial charge in [0.15, 0.2) is 0 Å². The topological polar surface area (TPSA) is 118 Å². The number of benzene rings is 3. The number of nitro benzene ring substituents is 1. The molecular formula is C20H15Cl2N3O5S. The van der Waals surface area contributed by atoms with Gasteiger partial charge in [-0.3, -0.25) is 19.6 Å². The van der Waals surface area contributed by atoms with Crippen molar-refractivity contribution in [2.24, 2.45) is 0 Å². The number of halogens is 2. The number of amides is 1. The predicted octanol–water partition coefficient (Wildman–Crippen LogP) is 5.26. The molecule has 160 valence electrons. The van der Waals surface area contributed by atoms with Crippen molar-refractivity contribution in [1.29, 1.82) is 0 Å². The van der Waals surface area contributed by atoms with Gasteiger partial charge in [0, 0.05) is 22.9 Å². The number of sulfonamides is 1. The molecule has 3 rings (SSSR count). The third kappa shape index (κ3) is 4.96. The van der Waals surface area contributed by atoms with Crippen LogP contribution in [-0.2, 0) is 10.0 Å². The van der Waals surface area contributed by atoms with Crippen LogP contribution in [0.15, 0.2) is 65.6 Å². The molecule has 0 heterocycles. The number of carbonyl (C=O) groups excluding carboxylic acids is 1. The Morgan fingerprint density at radius 3 is 2.29 bits per heavy atom. The van der Waals surface area contributed by atoms with Crippen molar-refractivity contribution in [3.8, 4) is 0 Å². The lowest BCUT2D eigenvalue weighted by molar-refractivity contribution is -0.385. The van der Waals surface area contributed by atoms with Gasteiger partial charge in [-0.05, 0) is 49.4 Å². The molecule has 0 spiro atoms. The Morgan fingerprint density at radius 1 is 1.00 bits per heavy atom. The minimum atomic E-state index is -3.95. The summed E-state index contributed by atoms with van der Waals surface area (Å²) < 4.78 is 27.6. The smallest absolute Gasteiger partial charge is 0.273 e. The van der Waals surface area contributed by atoms with Crippen molar-refractivity contribution < 1.29 is 18.1 Å². The summed E-state index contributed by atoms with van der Waals surface area (Å²) in [6.45, 7) is 1.48. The Labute approximate surface area is 188 Å². The lowest BCUT2D eigenvalue weighted by atomic mass is 10.1. The van der Waals surface area contributed by atoms with Crippen molar-refractivity contribution in [1.82, 2.24) is 0 Å². The minimum absolute atomic E-state index is 0.0620. The summed E-state index contributed by atoms with van der Waals surface area (Å²) in [5.41, 5.74) is 0.651. The van der Waals surface area contributed by atoms with E-state index in [9.17, 15) is 23.3 Å². The molecule has 3 aromatic rings. The van der Waals surface area contributed by atoms with Crippen molar-refractivity contribution in [2.75, 3.05) is 10.0 Å². The standard InChI is InChI=1S/C20H15Cl2N3O5S/c1-12-15(4-2-7-18(12)25(27)28)20(26)23-13-8-10-14(11-9-13)31(29,30)24-17-6-3-5-16(21)19(17)22/h2-11,24H,1H3,(H,23,26). The lowest BCUT2D eigenvalue weighted by Crippen LogP contribution is -2.15. The Hall–Kier alpha value is -3.14. The van der Waals surface area contributed by atoms with E-state index < -0.39 is 20.9 Å². The molecule has 11 heteroatoms. The predicted molar refractivity (Wildman–Crippen MR) is 119 cm³/mol. The van der Waals surface area contributed by atoms with Crippen LogP contribution in [0.4, 0.5) is 17.1 Å². The zero-order valence-corrected chi connectivity index (χ0v) is 18.3. The maximum atomic E-state index is 12.6. The zero-order chi connectivity index (χ0) is 22.8. The maximum absolute atomic E-state index is 12.6. The average molecular weight is 480 g/mol. The lowest BCUT2D eigenvalue weighted by Gasteiger charge is -2.11. The van der Waals surface area contributed by atoms with Crippen LogP contribution in [0.2, 0.25) is 10.0 Å². The molecule has 3 aromatic carbocycles. The number of carbonyl (C=O) groups is 1. The fraction of sp³-hybridized carbons (Fsp3) is 0.0500. The summed E-state index contributed by atoms with van der Waals surface area (Å²) in [7, 11) is -3.95. The number of anilines is 2. The zero-order valence-electron chi connectivity index (χ0n) is 15.9. The van der Waals surface area contributed by atoms with Crippen molar-refractivity contribution in [3.63, 3.8) is 0 Å². The van der Waals surface area contributed by atoms with Gasteiger partial charge in [-0.25, -0.2) is 8.42 Å². The molecular weight excluding hydrogens is 465 g/mol. The van der Waals surface area contributed by atoms with Crippen molar-refractivity contribution >= 4 is 56.2 Å². The van der Waals surface area contributed by atoms with Crippen molar-refractivity contribution in [3.05, 3.63) is 92.0 Å². The van der Waals surface area contributed by atoms with E-state index >= 15 is 0 Å². The molecule has 0 aromatic heterocycles. The monoisotopic (exact) mass is 479 g/mol. The summed E-state index contributed by atoms with van der Waals surface area (Å²) in [5.74, 6) is -0.555. The van der Waals surface area contributed by atoms with Crippen LogP contribution in [0.5, 0.6) is 0 Å². The number of hydrogen-bond donors (Lipinski definition) is 2. The van der Waals surface area contributed by atoms with E-state index in [2.05, 4.69) is 10.0 Å². The van der Waals surface area contributed by atoms with Gasteiger partial charge in [0.05, 0.1) is 25.6 Å². The average Bonchev–Trinajstić information content (AvgIpc) is 2.71. The van der Waals surface area contributed by atoms with Crippen LogP contribution < -0.4 is 10.0 Å². The van der Waals surface area contributed by atoms with Gasteiger partial charge in [-0.1, -0.05) is 35.3 Å². The van der Waals surface area contributed by atoms with E-state index in [1.54, 1.807) is 6.07 Å².